The van der Waals surface area contributed by atoms with Crippen LogP contribution in [-0.2, 0) is 19.4 Å². The van der Waals surface area contributed by atoms with Crippen LogP contribution in [0.15, 0.2) is 0 Å². The largest absolute Gasteiger partial charge is 0.310 e. The molecule has 0 bridgehead atoms. The minimum atomic E-state index is 0.990. The van der Waals surface area contributed by atoms with E-state index in [0.29, 0.717) is 0 Å². The third kappa shape index (κ3) is 2.30. The van der Waals surface area contributed by atoms with Gasteiger partial charge in [-0.25, -0.2) is 4.98 Å². The molecule has 2 aliphatic rings. The van der Waals surface area contributed by atoms with Crippen LogP contribution in [0, 0.1) is 5.92 Å². The third-order valence-corrected chi connectivity index (χ3v) is 5.03. The van der Waals surface area contributed by atoms with Crippen LogP contribution in [0.4, 0.5) is 0 Å². The second-order valence-corrected chi connectivity index (χ2v) is 6.26. The summed E-state index contributed by atoms with van der Waals surface area (Å²) in [7, 11) is 0. The normalized spacial score (nSPS) is 19.8. The van der Waals surface area contributed by atoms with E-state index in [1.54, 1.807) is 4.88 Å². The molecule has 0 atom stereocenters. The molecule has 3 heteroatoms. The molecule has 2 nitrogen and oxygen atoms in total. The maximum atomic E-state index is 4.70. The van der Waals surface area contributed by atoms with Crippen molar-refractivity contribution in [3.05, 3.63) is 15.6 Å². The minimum Gasteiger partial charge on any atom is -0.310 e. The number of rotatable bonds is 5. The molecule has 0 aromatic carbocycles. The number of nitrogens with zero attached hydrogens (tertiary/aromatic N) is 1. The van der Waals surface area contributed by atoms with Crippen LogP contribution in [0.5, 0.6) is 0 Å². The van der Waals surface area contributed by atoms with E-state index in [4.69, 9.17) is 4.98 Å². The molecule has 1 saturated carbocycles. The van der Waals surface area contributed by atoms with Gasteiger partial charge in [0.15, 0.2) is 0 Å². The lowest BCUT2D eigenvalue weighted by Gasteiger charge is -2.25. The van der Waals surface area contributed by atoms with Crippen LogP contribution in [0.2, 0.25) is 0 Å². The van der Waals surface area contributed by atoms with Crippen LogP contribution in [0.25, 0.3) is 0 Å². The molecule has 88 valence electrons. The second-order valence-electron chi connectivity index (χ2n) is 5.09. The van der Waals surface area contributed by atoms with E-state index in [-0.39, 0.29) is 0 Å². The molecule has 1 aromatic rings. The van der Waals surface area contributed by atoms with Crippen molar-refractivity contribution in [1.29, 1.82) is 0 Å². The molecule has 16 heavy (non-hydrogen) atoms. The Balaban J connectivity index is 1.40. The smallest absolute Gasteiger partial charge is 0.107 e. The molecule has 0 radical (unpaired) electrons. The van der Waals surface area contributed by atoms with Crippen LogP contribution >= 0.6 is 11.3 Å². The Bertz CT molecular complexity index is 333. The highest BCUT2D eigenvalue weighted by molar-refractivity contribution is 7.11. The molecule has 3 rings (SSSR count). The van der Waals surface area contributed by atoms with Gasteiger partial charge in [0, 0.05) is 11.4 Å². The van der Waals surface area contributed by atoms with Gasteiger partial charge in [-0.1, -0.05) is 19.3 Å². The minimum absolute atomic E-state index is 0.990. The average molecular weight is 236 g/mol. The summed E-state index contributed by atoms with van der Waals surface area (Å²) in [6.45, 7) is 2.17. The summed E-state index contributed by atoms with van der Waals surface area (Å²) in [6.07, 6.45) is 9.57. The predicted octanol–water partition coefficient (Wildman–Crippen LogP) is 2.91. The van der Waals surface area contributed by atoms with Gasteiger partial charge in [-0.05, 0) is 38.1 Å². The highest BCUT2D eigenvalue weighted by atomic mass is 32.1. The van der Waals surface area contributed by atoms with Crippen LogP contribution in [0.1, 0.15) is 47.7 Å². The topological polar surface area (TPSA) is 24.9 Å². The van der Waals surface area contributed by atoms with Crippen LogP contribution in [-0.4, -0.2) is 11.5 Å². The molecule has 1 fully saturated rings. The summed E-state index contributed by atoms with van der Waals surface area (Å²) < 4.78 is 0. The van der Waals surface area contributed by atoms with Gasteiger partial charge < -0.3 is 5.32 Å². The standard InChI is InChI=1S/C13H20N2S/c1-3-10(4-1)7-8-14-9-13-15-11-5-2-6-12(11)16-13/h10,14H,1-9H2. The molecule has 2 aliphatic carbocycles. The maximum absolute atomic E-state index is 4.70. The van der Waals surface area contributed by atoms with E-state index in [1.807, 2.05) is 11.3 Å². The van der Waals surface area contributed by atoms with Gasteiger partial charge in [0.1, 0.15) is 5.01 Å². The average Bonchev–Trinajstić information content (AvgIpc) is 2.74. The number of nitrogens with one attached hydrogen (secondary N) is 1. The second kappa shape index (κ2) is 4.84. The lowest BCUT2D eigenvalue weighted by Crippen LogP contribution is -2.21. The summed E-state index contributed by atoms with van der Waals surface area (Å²) in [4.78, 5) is 6.25. The SMILES string of the molecule is C1Cc2nc(CNCCC3CCC3)sc2C1. The Morgan fingerprint density at radius 3 is 2.94 bits per heavy atom. The lowest BCUT2D eigenvalue weighted by molar-refractivity contribution is 0.292. The van der Waals surface area contributed by atoms with Crippen molar-refractivity contribution in [2.45, 2.75) is 51.5 Å². The number of hydrogen-bond acceptors (Lipinski definition) is 3. The Morgan fingerprint density at radius 2 is 2.19 bits per heavy atom. The fraction of sp³-hybridized carbons (Fsp3) is 0.769. The number of aromatic nitrogens is 1. The van der Waals surface area contributed by atoms with Gasteiger partial charge in [0.05, 0.1) is 5.69 Å². The molecule has 0 unspecified atom stereocenters. The summed E-state index contributed by atoms with van der Waals surface area (Å²) >= 11 is 1.93. The Morgan fingerprint density at radius 1 is 1.25 bits per heavy atom. The highest BCUT2D eigenvalue weighted by Crippen LogP contribution is 2.29. The summed E-state index contributed by atoms with van der Waals surface area (Å²) in [5.41, 5.74) is 1.39. The van der Waals surface area contributed by atoms with E-state index in [9.17, 15) is 0 Å². The van der Waals surface area contributed by atoms with Gasteiger partial charge in [0.2, 0.25) is 0 Å². The first kappa shape index (κ1) is 10.7. The molecular formula is C13H20N2S. The van der Waals surface area contributed by atoms with Crippen LogP contribution in [0.3, 0.4) is 0 Å². The molecule has 0 aliphatic heterocycles. The first-order valence-electron chi connectivity index (χ1n) is 6.60. The molecule has 1 heterocycles. The fourth-order valence-corrected chi connectivity index (χ4v) is 3.73. The molecule has 1 N–H and O–H groups in total. The van der Waals surface area contributed by atoms with E-state index in [0.717, 1.165) is 12.5 Å². The number of thiazole rings is 1. The zero-order valence-electron chi connectivity index (χ0n) is 9.80. The third-order valence-electron chi connectivity index (χ3n) is 3.87. The van der Waals surface area contributed by atoms with Crippen molar-refractivity contribution in [1.82, 2.24) is 10.3 Å². The van der Waals surface area contributed by atoms with E-state index in [2.05, 4.69) is 5.32 Å². The first-order valence-corrected chi connectivity index (χ1v) is 7.41. The first-order chi connectivity index (χ1) is 7.92. The maximum Gasteiger partial charge on any atom is 0.107 e. The molecule has 0 saturated heterocycles. The summed E-state index contributed by atoms with van der Waals surface area (Å²) in [5, 5.41) is 4.84. The summed E-state index contributed by atoms with van der Waals surface area (Å²) in [6, 6.07) is 0. The van der Waals surface area contributed by atoms with Gasteiger partial charge >= 0.3 is 0 Å². The van der Waals surface area contributed by atoms with Gasteiger partial charge in [-0.15, -0.1) is 11.3 Å². The van der Waals surface area contributed by atoms with Gasteiger partial charge in [-0.3, -0.25) is 0 Å². The zero-order chi connectivity index (χ0) is 10.8. The van der Waals surface area contributed by atoms with Crippen molar-refractivity contribution in [3.63, 3.8) is 0 Å². The molecule has 0 amide bonds. The van der Waals surface area contributed by atoms with Crippen molar-refractivity contribution in [2.24, 2.45) is 5.92 Å². The van der Waals surface area contributed by atoms with Crippen molar-refractivity contribution >= 4 is 11.3 Å². The van der Waals surface area contributed by atoms with E-state index in [1.165, 1.54) is 62.2 Å². The molecular weight excluding hydrogens is 216 g/mol. The zero-order valence-corrected chi connectivity index (χ0v) is 10.6. The Labute approximate surface area is 101 Å². The van der Waals surface area contributed by atoms with E-state index >= 15 is 0 Å². The Hall–Kier alpha value is -0.410. The Kier molecular flexibility index (Phi) is 3.25. The number of aryl methyl sites for hydroxylation is 2. The van der Waals surface area contributed by atoms with Crippen molar-refractivity contribution < 1.29 is 0 Å². The van der Waals surface area contributed by atoms with Gasteiger partial charge in [0.25, 0.3) is 0 Å². The molecule has 0 spiro atoms. The lowest BCUT2D eigenvalue weighted by atomic mass is 9.83. The molecule has 1 aromatic heterocycles. The van der Waals surface area contributed by atoms with Crippen molar-refractivity contribution in [3.8, 4) is 0 Å². The highest BCUT2D eigenvalue weighted by Gasteiger charge is 2.17. The summed E-state index contributed by atoms with van der Waals surface area (Å²) in [5.74, 6) is 1.02. The van der Waals surface area contributed by atoms with Crippen LogP contribution < -0.4 is 5.32 Å². The van der Waals surface area contributed by atoms with Gasteiger partial charge in [-0.2, -0.15) is 0 Å². The predicted molar refractivity (Wildman–Crippen MR) is 67.8 cm³/mol. The van der Waals surface area contributed by atoms with Crippen molar-refractivity contribution in [2.75, 3.05) is 6.54 Å². The van der Waals surface area contributed by atoms with E-state index < -0.39 is 0 Å². The quantitative estimate of drug-likeness (QED) is 0.795. The fourth-order valence-electron chi connectivity index (χ4n) is 2.60. The monoisotopic (exact) mass is 236 g/mol. The number of fused-ring (bicyclic) bond motifs is 1. The number of hydrogen-bond donors (Lipinski definition) is 1.